The summed E-state index contributed by atoms with van der Waals surface area (Å²) in [5.41, 5.74) is 15.5. The topological polar surface area (TPSA) is 0 Å². The molecule has 0 nitrogen and oxygen atoms in total. The van der Waals surface area contributed by atoms with Gasteiger partial charge in [0.2, 0.25) is 0 Å². The highest BCUT2D eigenvalue weighted by molar-refractivity contribution is 6.25. The van der Waals surface area contributed by atoms with Crippen molar-refractivity contribution >= 4 is 43.1 Å². The van der Waals surface area contributed by atoms with Crippen molar-refractivity contribution in [3.8, 4) is 55.6 Å². The predicted octanol–water partition coefficient (Wildman–Crippen LogP) is 15.3. The molecule has 10 aromatic carbocycles. The highest BCUT2D eigenvalue weighted by Crippen LogP contribution is 2.54. The predicted molar refractivity (Wildman–Crippen MR) is 236 cm³/mol. The monoisotopic (exact) mass is 698 g/mol. The van der Waals surface area contributed by atoms with Crippen LogP contribution in [0.2, 0.25) is 0 Å². The van der Waals surface area contributed by atoms with Crippen LogP contribution in [0.4, 0.5) is 0 Å². The molecule has 10 aromatic rings. The van der Waals surface area contributed by atoms with E-state index in [2.05, 4.69) is 208 Å². The Morgan fingerprint density at radius 1 is 0.273 bits per heavy atom. The van der Waals surface area contributed by atoms with Crippen molar-refractivity contribution in [3.05, 3.63) is 205 Å². The summed E-state index contributed by atoms with van der Waals surface area (Å²) in [5, 5.41) is 10.3. The van der Waals surface area contributed by atoms with E-state index in [1.807, 2.05) is 0 Å². The van der Waals surface area contributed by atoms with Crippen molar-refractivity contribution in [2.45, 2.75) is 19.3 Å². The third kappa shape index (κ3) is 4.78. The van der Waals surface area contributed by atoms with Gasteiger partial charge in [0.05, 0.1) is 0 Å². The van der Waals surface area contributed by atoms with Gasteiger partial charge in [0.25, 0.3) is 0 Å². The van der Waals surface area contributed by atoms with Crippen LogP contribution in [-0.2, 0) is 5.41 Å². The summed E-state index contributed by atoms with van der Waals surface area (Å²) in [7, 11) is 0. The first-order valence-electron chi connectivity index (χ1n) is 19.4. The lowest BCUT2D eigenvalue weighted by Gasteiger charge is -2.23. The smallest absolute Gasteiger partial charge is 0.0159 e. The van der Waals surface area contributed by atoms with Gasteiger partial charge in [-0.3, -0.25) is 0 Å². The SMILES string of the molecule is CC1(C)c2cc(-c3ccc(-c4ccccc4)cc3)ccc2-c2c1ccc1c(-c3c4ccccc4c(-c4cccc5ccccc45)c4ccccc34)cccc21. The van der Waals surface area contributed by atoms with Crippen LogP contribution in [0.25, 0.3) is 98.7 Å². The molecular formula is C55H38. The summed E-state index contributed by atoms with van der Waals surface area (Å²) in [6.07, 6.45) is 0. The van der Waals surface area contributed by atoms with Crippen molar-refractivity contribution < 1.29 is 0 Å². The van der Waals surface area contributed by atoms with Crippen LogP contribution in [0.15, 0.2) is 194 Å². The molecule has 11 rings (SSSR count). The summed E-state index contributed by atoms with van der Waals surface area (Å²) in [5.74, 6) is 0. The van der Waals surface area contributed by atoms with Crippen LogP contribution < -0.4 is 0 Å². The molecule has 0 heterocycles. The average Bonchev–Trinajstić information content (AvgIpc) is 3.48. The van der Waals surface area contributed by atoms with Crippen LogP contribution in [0.1, 0.15) is 25.0 Å². The fraction of sp³-hybridized carbons (Fsp3) is 0.0545. The van der Waals surface area contributed by atoms with E-state index in [1.54, 1.807) is 0 Å². The molecule has 1 aliphatic carbocycles. The highest BCUT2D eigenvalue weighted by atomic mass is 14.4. The Hall–Kier alpha value is -6.76. The number of fused-ring (bicyclic) bond motifs is 8. The molecule has 0 saturated carbocycles. The first-order chi connectivity index (χ1) is 27.1. The van der Waals surface area contributed by atoms with Gasteiger partial charge in [0.1, 0.15) is 0 Å². The van der Waals surface area contributed by atoms with E-state index in [4.69, 9.17) is 0 Å². The third-order valence-electron chi connectivity index (χ3n) is 12.3. The van der Waals surface area contributed by atoms with E-state index < -0.39 is 0 Å². The normalized spacial score (nSPS) is 13.1. The Labute approximate surface area is 322 Å². The number of hydrogen-bond donors (Lipinski definition) is 0. The van der Waals surface area contributed by atoms with E-state index in [0.717, 1.165) is 0 Å². The van der Waals surface area contributed by atoms with Crippen molar-refractivity contribution in [2.75, 3.05) is 0 Å². The zero-order valence-corrected chi connectivity index (χ0v) is 31.0. The summed E-state index contributed by atoms with van der Waals surface area (Å²) in [4.78, 5) is 0. The van der Waals surface area contributed by atoms with E-state index in [1.165, 1.54) is 110 Å². The van der Waals surface area contributed by atoms with Crippen LogP contribution in [0.5, 0.6) is 0 Å². The zero-order valence-electron chi connectivity index (χ0n) is 31.0. The molecule has 258 valence electrons. The molecule has 55 heavy (non-hydrogen) atoms. The van der Waals surface area contributed by atoms with Crippen LogP contribution >= 0.6 is 0 Å². The van der Waals surface area contributed by atoms with Gasteiger partial charge < -0.3 is 0 Å². The van der Waals surface area contributed by atoms with Gasteiger partial charge in [-0.1, -0.05) is 202 Å². The molecule has 0 atom stereocenters. The Balaban J connectivity index is 1.11. The standard InChI is InChI=1S/C55H38/c1-55(2)50-33-32-41-43(24-13-25-44(41)54(50)49-31-30-39(34-51(49)55)37-28-26-36(27-29-37)35-14-4-3-5-15-35)53-47-21-10-8-19-45(47)52(46-20-9-11-22-48(46)53)42-23-12-17-38-16-6-7-18-40(38)42/h3-34H,1-2H3. The maximum atomic E-state index is 2.44. The van der Waals surface area contributed by atoms with Gasteiger partial charge in [-0.15, -0.1) is 0 Å². The third-order valence-corrected chi connectivity index (χ3v) is 12.3. The van der Waals surface area contributed by atoms with E-state index in [-0.39, 0.29) is 5.41 Å². The minimum absolute atomic E-state index is 0.131. The molecule has 0 amide bonds. The van der Waals surface area contributed by atoms with E-state index in [0.29, 0.717) is 0 Å². The van der Waals surface area contributed by atoms with E-state index >= 15 is 0 Å². The second kappa shape index (κ2) is 12.1. The Kier molecular flexibility index (Phi) is 7.00. The molecule has 0 unspecified atom stereocenters. The van der Waals surface area contributed by atoms with Gasteiger partial charge in [-0.05, 0) is 116 Å². The summed E-state index contributed by atoms with van der Waals surface area (Å²) < 4.78 is 0. The molecule has 1 aliphatic rings. The summed E-state index contributed by atoms with van der Waals surface area (Å²) >= 11 is 0. The second-order valence-electron chi connectivity index (χ2n) is 15.6. The molecule has 0 radical (unpaired) electrons. The Morgan fingerprint density at radius 2 is 0.727 bits per heavy atom. The molecule has 0 saturated heterocycles. The minimum Gasteiger partial charge on any atom is -0.0622 e. The fourth-order valence-corrected chi connectivity index (χ4v) is 9.63. The largest absolute Gasteiger partial charge is 0.0622 e. The van der Waals surface area contributed by atoms with Gasteiger partial charge >= 0.3 is 0 Å². The van der Waals surface area contributed by atoms with Crippen molar-refractivity contribution in [3.63, 3.8) is 0 Å². The van der Waals surface area contributed by atoms with Crippen LogP contribution in [-0.4, -0.2) is 0 Å². The molecular weight excluding hydrogens is 661 g/mol. The highest BCUT2D eigenvalue weighted by Gasteiger charge is 2.37. The molecule has 0 aromatic heterocycles. The Morgan fingerprint density at radius 3 is 1.38 bits per heavy atom. The molecule has 0 aliphatic heterocycles. The first-order valence-corrected chi connectivity index (χ1v) is 19.4. The number of hydrogen-bond acceptors (Lipinski definition) is 0. The first kappa shape index (κ1) is 31.7. The minimum atomic E-state index is -0.131. The fourth-order valence-electron chi connectivity index (χ4n) is 9.63. The number of rotatable bonds is 4. The van der Waals surface area contributed by atoms with Gasteiger partial charge in [-0.2, -0.15) is 0 Å². The van der Waals surface area contributed by atoms with Crippen LogP contribution in [0, 0.1) is 0 Å². The molecule has 0 heteroatoms. The average molecular weight is 699 g/mol. The zero-order chi connectivity index (χ0) is 36.7. The molecule has 0 fully saturated rings. The molecule has 0 N–H and O–H groups in total. The van der Waals surface area contributed by atoms with Gasteiger partial charge in [0, 0.05) is 5.41 Å². The maximum Gasteiger partial charge on any atom is 0.0159 e. The van der Waals surface area contributed by atoms with Crippen molar-refractivity contribution in [1.29, 1.82) is 0 Å². The van der Waals surface area contributed by atoms with Crippen molar-refractivity contribution in [2.24, 2.45) is 0 Å². The lowest BCUT2D eigenvalue weighted by atomic mass is 9.80. The lowest BCUT2D eigenvalue weighted by molar-refractivity contribution is 0.661. The summed E-state index contributed by atoms with van der Waals surface area (Å²) in [6, 6.07) is 72.0. The summed E-state index contributed by atoms with van der Waals surface area (Å²) in [6.45, 7) is 4.78. The second-order valence-corrected chi connectivity index (χ2v) is 15.6. The quantitative estimate of drug-likeness (QED) is 0.161. The molecule has 0 spiro atoms. The Bertz CT molecular complexity index is 3080. The maximum absolute atomic E-state index is 2.44. The number of benzene rings is 10. The molecule has 0 bridgehead atoms. The van der Waals surface area contributed by atoms with Crippen LogP contribution in [0.3, 0.4) is 0 Å². The van der Waals surface area contributed by atoms with Crippen molar-refractivity contribution in [1.82, 2.24) is 0 Å². The van der Waals surface area contributed by atoms with Gasteiger partial charge in [0.15, 0.2) is 0 Å². The lowest BCUT2D eigenvalue weighted by Crippen LogP contribution is -2.15. The van der Waals surface area contributed by atoms with Gasteiger partial charge in [-0.25, -0.2) is 0 Å². The van der Waals surface area contributed by atoms with E-state index in [9.17, 15) is 0 Å².